The van der Waals surface area contributed by atoms with Crippen LogP contribution in [0.2, 0.25) is 0 Å². The predicted octanol–water partition coefficient (Wildman–Crippen LogP) is 13.9. The normalized spacial score (nSPS) is 11.3. The number of nitrogens with zero attached hydrogens (tertiary/aromatic N) is 2. The Kier molecular flexibility index (Phi) is 7.85. The number of hydrogen-bond donors (Lipinski definition) is 0. The lowest BCUT2D eigenvalue weighted by Gasteiger charge is -2.25. The highest BCUT2D eigenvalue weighted by Gasteiger charge is 2.27. The monoisotopic (exact) mass is 686 g/mol. The maximum absolute atomic E-state index is 5.10. The molecular weight excluding hydrogens is 653 g/mol. The molecule has 0 atom stereocenters. The molecule has 2 heteroatoms. The van der Waals surface area contributed by atoms with E-state index in [9.17, 15) is 0 Å². The van der Waals surface area contributed by atoms with Gasteiger partial charge in [-0.25, -0.2) is 0 Å². The van der Waals surface area contributed by atoms with Gasteiger partial charge >= 0.3 is 0 Å². The van der Waals surface area contributed by atoms with Crippen LogP contribution in [0, 0.1) is 0 Å². The van der Waals surface area contributed by atoms with E-state index in [1.54, 1.807) is 0 Å². The second-order valence-electron chi connectivity index (χ2n) is 13.6. The summed E-state index contributed by atoms with van der Waals surface area (Å²) >= 11 is 0. The fourth-order valence-electron chi connectivity index (χ4n) is 8.30. The summed E-state index contributed by atoms with van der Waals surface area (Å²) in [4.78, 5) is 10.0. The highest BCUT2D eigenvalue weighted by molar-refractivity contribution is 6.31. The fourth-order valence-corrected chi connectivity index (χ4v) is 8.30. The first-order valence-corrected chi connectivity index (χ1v) is 18.4. The highest BCUT2D eigenvalue weighted by Crippen LogP contribution is 2.53. The molecule has 8 aromatic carbocycles. The van der Waals surface area contributed by atoms with Crippen molar-refractivity contribution in [1.29, 1.82) is 0 Å². The van der Waals surface area contributed by atoms with Crippen LogP contribution in [0.25, 0.3) is 99.3 Å². The smallest absolute Gasteiger partial charge is 0.0715 e. The van der Waals surface area contributed by atoms with Crippen molar-refractivity contribution in [3.8, 4) is 67.0 Å². The molecule has 0 amide bonds. The highest BCUT2D eigenvalue weighted by atomic mass is 14.7. The van der Waals surface area contributed by atoms with Gasteiger partial charge in [-0.1, -0.05) is 170 Å². The number of fused-ring (bicyclic) bond motifs is 6. The molecule has 0 aliphatic carbocycles. The molecule has 0 unspecified atom stereocenters. The van der Waals surface area contributed by atoms with Gasteiger partial charge in [-0.2, -0.15) is 0 Å². The number of pyridine rings is 2. The third kappa shape index (κ3) is 5.27. The van der Waals surface area contributed by atoms with E-state index in [2.05, 4.69) is 182 Å². The van der Waals surface area contributed by atoms with Crippen molar-refractivity contribution < 1.29 is 0 Å². The lowest BCUT2D eigenvalue weighted by Crippen LogP contribution is -2.00. The molecule has 0 aliphatic rings. The minimum absolute atomic E-state index is 0.897. The van der Waals surface area contributed by atoms with Crippen LogP contribution >= 0.6 is 0 Å². The standard InChI is InChI=1S/C52H34N2/c1-3-17-35(18-4-1)37-21-7-8-22-39(37)45-31-32-46(47-27-13-15-33-53-47)50(48-28-14-16-34-54-48)52(45)51-38(36-19-5-2-6-20-36)29-30-44-42-25-10-9-23-40(42)41-24-11-12-26-43(41)49(44)51/h1-34H. The molecule has 10 aromatic rings. The van der Waals surface area contributed by atoms with Gasteiger partial charge in [0.2, 0.25) is 0 Å². The van der Waals surface area contributed by atoms with Gasteiger partial charge in [0.05, 0.1) is 11.4 Å². The van der Waals surface area contributed by atoms with E-state index < -0.39 is 0 Å². The van der Waals surface area contributed by atoms with Gasteiger partial charge in [0.1, 0.15) is 0 Å². The number of benzene rings is 8. The molecule has 0 saturated carbocycles. The number of hydrogen-bond acceptors (Lipinski definition) is 2. The van der Waals surface area contributed by atoms with E-state index in [0.717, 1.165) is 50.3 Å². The van der Waals surface area contributed by atoms with Gasteiger partial charge < -0.3 is 0 Å². The zero-order valence-corrected chi connectivity index (χ0v) is 29.5. The molecule has 0 radical (unpaired) electrons. The molecule has 2 nitrogen and oxygen atoms in total. The van der Waals surface area contributed by atoms with Crippen LogP contribution in [-0.2, 0) is 0 Å². The summed E-state index contributed by atoms with van der Waals surface area (Å²) in [5, 5.41) is 7.38. The third-order valence-electron chi connectivity index (χ3n) is 10.6. The lowest BCUT2D eigenvalue weighted by molar-refractivity contribution is 1.30. The van der Waals surface area contributed by atoms with Gasteiger partial charge in [-0.05, 0) is 95.5 Å². The van der Waals surface area contributed by atoms with Gasteiger partial charge in [-0.3, -0.25) is 9.97 Å². The van der Waals surface area contributed by atoms with Crippen molar-refractivity contribution in [2.75, 3.05) is 0 Å². The van der Waals surface area contributed by atoms with Crippen LogP contribution < -0.4 is 0 Å². The van der Waals surface area contributed by atoms with Crippen LogP contribution in [0.1, 0.15) is 0 Å². The van der Waals surface area contributed by atoms with Crippen molar-refractivity contribution in [2.45, 2.75) is 0 Å². The molecule has 0 spiro atoms. The van der Waals surface area contributed by atoms with E-state index in [1.807, 2.05) is 24.5 Å². The Labute approximate surface area is 314 Å². The first-order chi connectivity index (χ1) is 26.8. The summed E-state index contributed by atoms with van der Waals surface area (Å²) in [6.07, 6.45) is 3.78. The van der Waals surface area contributed by atoms with E-state index in [0.29, 0.717) is 0 Å². The number of rotatable bonds is 6. The van der Waals surface area contributed by atoms with E-state index in [1.165, 1.54) is 49.0 Å². The maximum atomic E-state index is 5.10. The van der Waals surface area contributed by atoms with Crippen molar-refractivity contribution in [1.82, 2.24) is 9.97 Å². The summed E-state index contributed by atoms with van der Waals surface area (Å²) in [6, 6.07) is 69.6. The van der Waals surface area contributed by atoms with Gasteiger partial charge in [0.15, 0.2) is 0 Å². The molecule has 2 heterocycles. The number of aromatic nitrogens is 2. The minimum atomic E-state index is 0.897. The quantitative estimate of drug-likeness (QED) is 0.163. The molecule has 10 rings (SSSR count). The van der Waals surface area contributed by atoms with E-state index in [-0.39, 0.29) is 0 Å². The van der Waals surface area contributed by atoms with Crippen LogP contribution in [0.15, 0.2) is 207 Å². The largest absolute Gasteiger partial charge is 0.256 e. The van der Waals surface area contributed by atoms with Crippen molar-refractivity contribution in [3.63, 3.8) is 0 Å². The average Bonchev–Trinajstić information content (AvgIpc) is 3.27. The maximum Gasteiger partial charge on any atom is 0.0715 e. The molecule has 0 saturated heterocycles. The second-order valence-corrected chi connectivity index (χ2v) is 13.6. The Morgan fingerprint density at radius 1 is 0.241 bits per heavy atom. The molecule has 54 heavy (non-hydrogen) atoms. The van der Waals surface area contributed by atoms with E-state index >= 15 is 0 Å². The van der Waals surface area contributed by atoms with Crippen molar-refractivity contribution >= 4 is 32.3 Å². The van der Waals surface area contributed by atoms with E-state index in [4.69, 9.17) is 9.97 Å². The zero-order chi connectivity index (χ0) is 35.8. The van der Waals surface area contributed by atoms with Gasteiger partial charge in [-0.15, -0.1) is 0 Å². The predicted molar refractivity (Wildman–Crippen MR) is 227 cm³/mol. The molecule has 2 aromatic heterocycles. The molecule has 0 fully saturated rings. The SMILES string of the molecule is c1ccc(-c2ccccc2-c2ccc(-c3ccccn3)c(-c3ccccn3)c2-c2c(-c3ccccc3)ccc3c4ccccc4c4ccccc4c23)cc1. The van der Waals surface area contributed by atoms with Crippen LogP contribution in [0.5, 0.6) is 0 Å². The zero-order valence-electron chi connectivity index (χ0n) is 29.5. The molecule has 0 aliphatic heterocycles. The summed E-state index contributed by atoms with van der Waals surface area (Å²) in [5.74, 6) is 0. The Balaban J connectivity index is 1.48. The van der Waals surface area contributed by atoms with Crippen molar-refractivity contribution in [2.24, 2.45) is 0 Å². The average molecular weight is 687 g/mol. The van der Waals surface area contributed by atoms with Crippen LogP contribution in [0.3, 0.4) is 0 Å². The van der Waals surface area contributed by atoms with Gasteiger partial charge in [0.25, 0.3) is 0 Å². The Hall–Kier alpha value is -7.16. The summed E-state index contributed by atoms with van der Waals surface area (Å²) in [7, 11) is 0. The topological polar surface area (TPSA) is 25.8 Å². The summed E-state index contributed by atoms with van der Waals surface area (Å²) in [5.41, 5.74) is 13.2. The van der Waals surface area contributed by atoms with Crippen LogP contribution in [-0.4, -0.2) is 9.97 Å². The Morgan fingerprint density at radius 2 is 0.704 bits per heavy atom. The third-order valence-corrected chi connectivity index (χ3v) is 10.6. The van der Waals surface area contributed by atoms with Crippen LogP contribution in [0.4, 0.5) is 0 Å². The second kappa shape index (κ2) is 13.4. The Morgan fingerprint density at radius 3 is 1.33 bits per heavy atom. The molecular formula is C52H34N2. The first-order valence-electron chi connectivity index (χ1n) is 18.4. The summed E-state index contributed by atoms with van der Waals surface area (Å²) < 4.78 is 0. The summed E-state index contributed by atoms with van der Waals surface area (Å²) in [6.45, 7) is 0. The Bertz CT molecular complexity index is 2920. The first kappa shape index (κ1) is 31.6. The molecule has 0 bridgehead atoms. The van der Waals surface area contributed by atoms with Gasteiger partial charge in [0, 0.05) is 29.1 Å². The lowest BCUT2D eigenvalue weighted by atomic mass is 9.78. The van der Waals surface area contributed by atoms with Crippen molar-refractivity contribution in [3.05, 3.63) is 207 Å². The molecule has 252 valence electrons. The molecule has 0 N–H and O–H groups in total. The minimum Gasteiger partial charge on any atom is -0.256 e. The fraction of sp³-hybridized carbons (Fsp3) is 0.